The normalized spacial score (nSPS) is 16.7. The summed E-state index contributed by atoms with van der Waals surface area (Å²) in [6, 6.07) is 10.8. The molecule has 142 valence electrons. The van der Waals surface area contributed by atoms with Crippen LogP contribution in [-0.2, 0) is 4.79 Å². The Morgan fingerprint density at radius 1 is 1.30 bits per heavy atom. The summed E-state index contributed by atoms with van der Waals surface area (Å²) in [7, 11) is 0. The minimum absolute atomic E-state index is 0.00920. The summed E-state index contributed by atoms with van der Waals surface area (Å²) in [5.41, 5.74) is 0.419. The second-order valence-electron chi connectivity index (χ2n) is 6.42. The van der Waals surface area contributed by atoms with Crippen LogP contribution in [0, 0.1) is 0 Å². The number of amides is 2. The number of nitrogens with zero attached hydrogens (tertiary/aromatic N) is 2. The van der Waals surface area contributed by atoms with Gasteiger partial charge in [-0.05, 0) is 49.2 Å². The number of halogens is 1. The Hall–Kier alpha value is -2.41. The number of benzene rings is 1. The van der Waals surface area contributed by atoms with Gasteiger partial charge in [0.25, 0.3) is 5.91 Å². The number of carbonyl (C=O) groups excluding carboxylic acids is 2. The van der Waals surface area contributed by atoms with Gasteiger partial charge in [0.15, 0.2) is 0 Å². The average molecular weight is 432 g/mol. The number of pyridine rings is 1. The van der Waals surface area contributed by atoms with Gasteiger partial charge in [0.2, 0.25) is 11.8 Å². The zero-order chi connectivity index (χ0) is 19.2. The number of hydrogen-bond donors (Lipinski definition) is 1. The highest BCUT2D eigenvalue weighted by Gasteiger charge is 2.27. The molecule has 1 fully saturated rings. The van der Waals surface area contributed by atoms with Crippen molar-refractivity contribution in [2.45, 2.75) is 32.2 Å². The quantitative estimate of drug-likeness (QED) is 0.781. The van der Waals surface area contributed by atoms with Gasteiger partial charge in [0, 0.05) is 36.2 Å². The fourth-order valence-electron chi connectivity index (χ4n) is 3.03. The highest BCUT2D eigenvalue weighted by Crippen LogP contribution is 2.26. The highest BCUT2D eigenvalue weighted by atomic mass is 79.9. The fourth-order valence-corrected chi connectivity index (χ4v) is 3.29. The van der Waals surface area contributed by atoms with Crippen LogP contribution in [0.1, 0.15) is 36.5 Å². The van der Waals surface area contributed by atoms with Crippen molar-refractivity contribution >= 4 is 27.7 Å². The molecule has 2 aromatic rings. The van der Waals surface area contributed by atoms with E-state index in [-0.39, 0.29) is 23.7 Å². The molecule has 1 aliphatic rings. The first-order valence-corrected chi connectivity index (χ1v) is 9.83. The Balaban J connectivity index is 1.74. The lowest BCUT2D eigenvalue weighted by Crippen LogP contribution is -2.49. The van der Waals surface area contributed by atoms with Gasteiger partial charge in [-0.2, -0.15) is 0 Å². The fraction of sp³-hybridized carbons (Fsp3) is 0.350. The third-order valence-corrected chi connectivity index (χ3v) is 4.95. The van der Waals surface area contributed by atoms with E-state index < -0.39 is 0 Å². The van der Waals surface area contributed by atoms with Gasteiger partial charge in [-0.15, -0.1) is 0 Å². The number of aromatic nitrogens is 1. The number of nitrogens with one attached hydrogen (secondary N) is 1. The van der Waals surface area contributed by atoms with Gasteiger partial charge in [0.05, 0.1) is 0 Å². The molecule has 2 amide bonds. The van der Waals surface area contributed by atoms with Crippen molar-refractivity contribution < 1.29 is 14.3 Å². The summed E-state index contributed by atoms with van der Waals surface area (Å²) < 4.78 is 6.78. The molecule has 1 aromatic carbocycles. The average Bonchev–Trinajstić information content (AvgIpc) is 2.70. The zero-order valence-electron chi connectivity index (χ0n) is 15.2. The molecule has 7 heteroatoms. The lowest BCUT2D eigenvalue weighted by molar-refractivity contribution is -0.121. The summed E-state index contributed by atoms with van der Waals surface area (Å²) in [6.07, 6.45) is 3.78. The summed E-state index contributed by atoms with van der Waals surface area (Å²) in [6.45, 7) is 2.98. The first-order valence-electron chi connectivity index (χ1n) is 9.04. The maximum absolute atomic E-state index is 13.1. The number of ether oxygens (including phenoxy) is 1. The lowest BCUT2D eigenvalue weighted by Gasteiger charge is -2.33. The second kappa shape index (κ2) is 8.99. The van der Waals surface area contributed by atoms with Crippen LogP contribution in [0.2, 0.25) is 0 Å². The molecule has 1 unspecified atom stereocenters. The Morgan fingerprint density at radius 3 is 2.81 bits per heavy atom. The van der Waals surface area contributed by atoms with Crippen molar-refractivity contribution in [2.24, 2.45) is 0 Å². The summed E-state index contributed by atoms with van der Waals surface area (Å²) >= 11 is 3.39. The lowest BCUT2D eigenvalue weighted by atomic mass is 10.0. The monoisotopic (exact) mass is 431 g/mol. The molecule has 1 aliphatic heterocycles. The van der Waals surface area contributed by atoms with Gasteiger partial charge in [0.1, 0.15) is 11.3 Å². The molecule has 0 saturated carbocycles. The van der Waals surface area contributed by atoms with Crippen LogP contribution in [0.4, 0.5) is 0 Å². The molecule has 0 spiro atoms. The first kappa shape index (κ1) is 19.4. The van der Waals surface area contributed by atoms with Crippen molar-refractivity contribution in [2.75, 3.05) is 13.1 Å². The molecule has 27 heavy (non-hydrogen) atoms. The Bertz CT molecular complexity index is 810. The van der Waals surface area contributed by atoms with Crippen molar-refractivity contribution in [3.05, 3.63) is 52.6 Å². The predicted molar refractivity (Wildman–Crippen MR) is 106 cm³/mol. The van der Waals surface area contributed by atoms with Gasteiger partial charge < -0.3 is 15.0 Å². The van der Waals surface area contributed by atoms with E-state index in [0.29, 0.717) is 30.8 Å². The Kier molecular flexibility index (Phi) is 6.45. The Labute approximate surface area is 167 Å². The molecule has 1 aromatic heterocycles. The van der Waals surface area contributed by atoms with Crippen LogP contribution in [-0.4, -0.2) is 40.8 Å². The molecule has 0 radical (unpaired) electrons. The van der Waals surface area contributed by atoms with Crippen molar-refractivity contribution in [3.8, 4) is 11.6 Å². The van der Waals surface area contributed by atoms with E-state index >= 15 is 0 Å². The standard InChI is InChI=1S/C20H22BrN3O3/c1-2-18(25)23-15-5-4-12-24(13-15)20(26)17-6-3-11-22-19(17)27-16-9-7-14(21)8-10-16/h3,6-11,15H,2,4-5,12-13H2,1H3,(H,23,25). The summed E-state index contributed by atoms with van der Waals surface area (Å²) in [5.74, 6) is 0.766. The van der Waals surface area contributed by atoms with E-state index in [1.54, 1.807) is 23.2 Å². The molecule has 1 N–H and O–H groups in total. The van der Waals surface area contributed by atoms with Crippen molar-refractivity contribution in [1.29, 1.82) is 0 Å². The summed E-state index contributed by atoms with van der Waals surface area (Å²) in [4.78, 5) is 30.7. The van der Waals surface area contributed by atoms with Crippen LogP contribution in [0.3, 0.4) is 0 Å². The molecule has 0 aliphatic carbocycles. The van der Waals surface area contributed by atoms with Gasteiger partial charge in [-0.1, -0.05) is 22.9 Å². The molecular weight excluding hydrogens is 410 g/mol. The molecule has 1 saturated heterocycles. The number of likely N-dealkylation sites (tertiary alicyclic amines) is 1. The zero-order valence-corrected chi connectivity index (χ0v) is 16.7. The van der Waals surface area contributed by atoms with Gasteiger partial charge >= 0.3 is 0 Å². The topological polar surface area (TPSA) is 71.5 Å². The minimum atomic E-state index is -0.134. The van der Waals surface area contributed by atoms with Crippen LogP contribution in [0.15, 0.2) is 47.1 Å². The third kappa shape index (κ3) is 5.07. The predicted octanol–water partition coefficient (Wildman–Crippen LogP) is 3.77. The van der Waals surface area contributed by atoms with Crippen LogP contribution < -0.4 is 10.1 Å². The highest BCUT2D eigenvalue weighted by molar-refractivity contribution is 9.10. The van der Waals surface area contributed by atoms with E-state index in [1.807, 2.05) is 31.2 Å². The van der Waals surface area contributed by atoms with E-state index in [4.69, 9.17) is 4.74 Å². The number of hydrogen-bond acceptors (Lipinski definition) is 4. The molecular formula is C20H22BrN3O3. The SMILES string of the molecule is CCC(=O)NC1CCCN(C(=O)c2cccnc2Oc2ccc(Br)cc2)C1. The van der Waals surface area contributed by atoms with Gasteiger partial charge in [-0.3, -0.25) is 9.59 Å². The van der Waals surface area contributed by atoms with Crippen LogP contribution in [0.5, 0.6) is 11.6 Å². The molecule has 3 rings (SSSR count). The van der Waals surface area contributed by atoms with E-state index in [0.717, 1.165) is 17.3 Å². The maximum Gasteiger partial charge on any atom is 0.259 e. The number of rotatable bonds is 5. The second-order valence-corrected chi connectivity index (χ2v) is 7.34. The van der Waals surface area contributed by atoms with Crippen LogP contribution in [0.25, 0.3) is 0 Å². The van der Waals surface area contributed by atoms with Crippen molar-refractivity contribution in [3.63, 3.8) is 0 Å². The van der Waals surface area contributed by atoms with Gasteiger partial charge in [-0.25, -0.2) is 4.98 Å². The number of carbonyl (C=O) groups is 2. The van der Waals surface area contributed by atoms with E-state index in [9.17, 15) is 9.59 Å². The smallest absolute Gasteiger partial charge is 0.259 e. The van der Waals surface area contributed by atoms with E-state index in [2.05, 4.69) is 26.2 Å². The van der Waals surface area contributed by atoms with Crippen LogP contribution >= 0.6 is 15.9 Å². The Morgan fingerprint density at radius 2 is 2.07 bits per heavy atom. The largest absolute Gasteiger partial charge is 0.438 e. The minimum Gasteiger partial charge on any atom is -0.438 e. The number of piperidine rings is 1. The van der Waals surface area contributed by atoms with Crippen molar-refractivity contribution in [1.82, 2.24) is 15.2 Å². The summed E-state index contributed by atoms with van der Waals surface area (Å²) in [5, 5.41) is 2.98. The first-order chi connectivity index (χ1) is 13.1. The molecule has 6 nitrogen and oxygen atoms in total. The molecule has 2 heterocycles. The molecule has 1 atom stereocenters. The third-order valence-electron chi connectivity index (χ3n) is 4.42. The molecule has 0 bridgehead atoms. The maximum atomic E-state index is 13.1. The van der Waals surface area contributed by atoms with E-state index in [1.165, 1.54) is 0 Å².